The van der Waals surface area contributed by atoms with Gasteiger partial charge in [0.15, 0.2) is 5.82 Å². The molecule has 2 heterocycles. The van der Waals surface area contributed by atoms with Crippen LogP contribution in [0.25, 0.3) is 42.9 Å². The highest BCUT2D eigenvalue weighted by atomic mass is 35.5. The first-order chi connectivity index (χ1) is 12.8. The third-order valence-electron chi connectivity index (χ3n) is 4.38. The Morgan fingerprint density at radius 1 is 0.731 bits per heavy atom. The molecule has 0 amide bonds. The lowest BCUT2D eigenvalue weighted by Gasteiger charge is -2.08. The summed E-state index contributed by atoms with van der Waals surface area (Å²) in [6.45, 7) is 0. The van der Waals surface area contributed by atoms with Crippen molar-refractivity contribution < 1.29 is 0 Å². The van der Waals surface area contributed by atoms with Crippen molar-refractivity contribution in [2.45, 2.75) is 0 Å². The SMILES string of the molecule is Clc1ccccc1-c1nc(-c2ccccc2)c2sc3ccccc3c2n1. The standard InChI is InChI=1S/C22H13ClN2S/c23-17-12-6-4-10-15(17)22-24-19(14-8-2-1-3-9-14)21-20(25-22)16-11-5-7-13-18(16)26-21/h1-13H. The first kappa shape index (κ1) is 15.5. The predicted octanol–water partition coefficient (Wildman–Crippen LogP) is 6.83. The number of hydrogen-bond donors (Lipinski definition) is 0. The number of hydrogen-bond acceptors (Lipinski definition) is 3. The smallest absolute Gasteiger partial charge is 0.162 e. The number of fused-ring (bicyclic) bond motifs is 3. The maximum Gasteiger partial charge on any atom is 0.162 e. The van der Waals surface area contributed by atoms with Gasteiger partial charge in [-0.2, -0.15) is 0 Å². The van der Waals surface area contributed by atoms with Crippen LogP contribution >= 0.6 is 22.9 Å². The summed E-state index contributed by atoms with van der Waals surface area (Å²) in [7, 11) is 0. The van der Waals surface area contributed by atoms with Crippen molar-refractivity contribution in [1.29, 1.82) is 0 Å². The molecule has 0 spiro atoms. The van der Waals surface area contributed by atoms with Crippen molar-refractivity contribution in [2.24, 2.45) is 0 Å². The normalized spacial score (nSPS) is 11.3. The summed E-state index contributed by atoms with van der Waals surface area (Å²) in [5, 5.41) is 1.81. The molecule has 0 N–H and O–H groups in total. The molecule has 0 atom stereocenters. The van der Waals surface area contributed by atoms with Gasteiger partial charge in [-0.1, -0.05) is 72.3 Å². The molecule has 3 aromatic carbocycles. The Morgan fingerprint density at radius 2 is 1.46 bits per heavy atom. The van der Waals surface area contributed by atoms with E-state index < -0.39 is 0 Å². The van der Waals surface area contributed by atoms with E-state index in [9.17, 15) is 0 Å². The molecule has 26 heavy (non-hydrogen) atoms. The molecule has 124 valence electrons. The zero-order valence-electron chi connectivity index (χ0n) is 13.7. The van der Waals surface area contributed by atoms with E-state index in [2.05, 4.69) is 30.3 Å². The molecule has 0 saturated carbocycles. The van der Waals surface area contributed by atoms with Gasteiger partial charge in [0.25, 0.3) is 0 Å². The van der Waals surface area contributed by atoms with Gasteiger partial charge in [0, 0.05) is 21.2 Å². The van der Waals surface area contributed by atoms with Crippen LogP contribution in [0.5, 0.6) is 0 Å². The first-order valence-corrected chi connectivity index (χ1v) is 9.50. The van der Waals surface area contributed by atoms with Gasteiger partial charge in [0.1, 0.15) is 0 Å². The molecule has 2 nitrogen and oxygen atoms in total. The second-order valence-corrected chi connectivity index (χ2v) is 7.48. The van der Waals surface area contributed by atoms with E-state index in [0.717, 1.165) is 32.4 Å². The van der Waals surface area contributed by atoms with Crippen LogP contribution in [0.2, 0.25) is 5.02 Å². The van der Waals surface area contributed by atoms with Crippen LogP contribution in [0.3, 0.4) is 0 Å². The van der Waals surface area contributed by atoms with E-state index >= 15 is 0 Å². The maximum absolute atomic E-state index is 6.42. The minimum atomic E-state index is 0.658. The molecular weight excluding hydrogens is 360 g/mol. The molecule has 5 rings (SSSR count). The van der Waals surface area contributed by atoms with Gasteiger partial charge in [0.05, 0.1) is 20.9 Å². The fourth-order valence-electron chi connectivity index (χ4n) is 3.15. The van der Waals surface area contributed by atoms with Gasteiger partial charge < -0.3 is 0 Å². The van der Waals surface area contributed by atoms with E-state index in [-0.39, 0.29) is 0 Å². The fraction of sp³-hybridized carbons (Fsp3) is 0. The number of halogens is 1. The number of thiophene rings is 1. The summed E-state index contributed by atoms with van der Waals surface area (Å²) in [6, 6.07) is 26.3. The van der Waals surface area contributed by atoms with Gasteiger partial charge >= 0.3 is 0 Å². The van der Waals surface area contributed by atoms with E-state index in [1.807, 2.05) is 48.5 Å². The van der Waals surface area contributed by atoms with Gasteiger partial charge in [-0.25, -0.2) is 9.97 Å². The van der Waals surface area contributed by atoms with Crippen molar-refractivity contribution in [3.63, 3.8) is 0 Å². The topological polar surface area (TPSA) is 25.8 Å². The Kier molecular flexibility index (Phi) is 3.70. The van der Waals surface area contributed by atoms with E-state index in [4.69, 9.17) is 21.6 Å². The lowest BCUT2D eigenvalue weighted by Crippen LogP contribution is -1.93. The van der Waals surface area contributed by atoms with Crippen LogP contribution in [0.15, 0.2) is 78.9 Å². The van der Waals surface area contributed by atoms with Crippen molar-refractivity contribution in [2.75, 3.05) is 0 Å². The van der Waals surface area contributed by atoms with Crippen molar-refractivity contribution in [1.82, 2.24) is 9.97 Å². The summed E-state index contributed by atoms with van der Waals surface area (Å²) in [5.41, 5.74) is 3.87. The highest BCUT2D eigenvalue weighted by Crippen LogP contribution is 2.39. The summed E-state index contributed by atoms with van der Waals surface area (Å²) in [4.78, 5) is 9.81. The van der Waals surface area contributed by atoms with Gasteiger partial charge in [-0.05, 0) is 18.2 Å². The monoisotopic (exact) mass is 372 g/mol. The minimum absolute atomic E-state index is 0.658. The van der Waals surface area contributed by atoms with Crippen LogP contribution in [-0.2, 0) is 0 Å². The Labute approximate surface area is 159 Å². The largest absolute Gasteiger partial charge is 0.226 e. The third kappa shape index (κ3) is 2.48. The number of aromatic nitrogens is 2. The van der Waals surface area contributed by atoms with E-state index in [1.54, 1.807) is 11.3 Å². The average Bonchev–Trinajstić information content (AvgIpc) is 3.07. The number of rotatable bonds is 2. The Hall–Kier alpha value is -2.75. The molecular formula is C22H13ClN2S. The molecule has 0 fully saturated rings. The highest BCUT2D eigenvalue weighted by molar-refractivity contribution is 7.26. The first-order valence-electron chi connectivity index (χ1n) is 8.31. The molecule has 0 bridgehead atoms. The predicted molar refractivity (Wildman–Crippen MR) is 111 cm³/mol. The van der Waals surface area contributed by atoms with Crippen molar-refractivity contribution in [3.8, 4) is 22.6 Å². The van der Waals surface area contributed by atoms with Crippen LogP contribution < -0.4 is 0 Å². The van der Waals surface area contributed by atoms with Gasteiger partial charge in [-0.3, -0.25) is 0 Å². The molecule has 0 aliphatic heterocycles. The number of benzene rings is 3. The lowest BCUT2D eigenvalue weighted by molar-refractivity contribution is 1.24. The summed E-state index contributed by atoms with van der Waals surface area (Å²) < 4.78 is 2.32. The average molecular weight is 373 g/mol. The summed E-state index contributed by atoms with van der Waals surface area (Å²) >= 11 is 8.16. The van der Waals surface area contributed by atoms with Crippen LogP contribution in [0.4, 0.5) is 0 Å². The van der Waals surface area contributed by atoms with Crippen LogP contribution in [0.1, 0.15) is 0 Å². The Bertz CT molecular complexity index is 1250. The number of nitrogens with zero attached hydrogens (tertiary/aromatic N) is 2. The van der Waals surface area contributed by atoms with Crippen LogP contribution in [0, 0.1) is 0 Å². The second-order valence-electron chi connectivity index (χ2n) is 6.02. The van der Waals surface area contributed by atoms with Crippen molar-refractivity contribution in [3.05, 3.63) is 83.9 Å². The molecule has 0 unspecified atom stereocenters. The Balaban J connectivity index is 1.91. The van der Waals surface area contributed by atoms with E-state index in [0.29, 0.717) is 10.8 Å². The lowest BCUT2D eigenvalue weighted by atomic mass is 10.1. The zero-order chi connectivity index (χ0) is 17.5. The summed E-state index contributed by atoms with van der Waals surface area (Å²) in [6.07, 6.45) is 0. The molecule has 0 aliphatic rings. The van der Waals surface area contributed by atoms with Crippen LogP contribution in [-0.4, -0.2) is 9.97 Å². The molecule has 0 aliphatic carbocycles. The zero-order valence-corrected chi connectivity index (χ0v) is 15.3. The molecule has 2 aromatic heterocycles. The minimum Gasteiger partial charge on any atom is -0.226 e. The molecule has 0 radical (unpaired) electrons. The Morgan fingerprint density at radius 3 is 2.31 bits per heavy atom. The molecule has 0 saturated heterocycles. The molecule has 4 heteroatoms. The maximum atomic E-state index is 6.42. The fourth-order valence-corrected chi connectivity index (χ4v) is 4.52. The van der Waals surface area contributed by atoms with Gasteiger partial charge in [0.2, 0.25) is 0 Å². The van der Waals surface area contributed by atoms with E-state index in [1.165, 1.54) is 4.70 Å². The molecule has 5 aromatic rings. The van der Waals surface area contributed by atoms with Crippen molar-refractivity contribution >= 4 is 43.2 Å². The second kappa shape index (κ2) is 6.20. The quantitative estimate of drug-likeness (QED) is 0.339. The van der Waals surface area contributed by atoms with Gasteiger partial charge in [-0.15, -0.1) is 11.3 Å². The third-order valence-corrected chi connectivity index (χ3v) is 5.88. The highest BCUT2D eigenvalue weighted by Gasteiger charge is 2.17. The summed E-state index contributed by atoms with van der Waals surface area (Å²) in [5.74, 6) is 0.658.